The molecule has 0 unspecified atom stereocenters. The van der Waals surface area contributed by atoms with E-state index in [9.17, 15) is 0 Å². The van der Waals surface area contributed by atoms with Crippen molar-refractivity contribution in [3.05, 3.63) is 34.2 Å². The van der Waals surface area contributed by atoms with Crippen molar-refractivity contribution in [2.75, 3.05) is 0 Å². The number of nitrogens with zero attached hydrogens (tertiary/aromatic N) is 2. The first kappa shape index (κ1) is 10.2. The van der Waals surface area contributed by atoms with E-state index in [0.29, 0.717) is 6.54 Å². The van der Waals surface area contributed by atoms with Crippen LogP contribution in [0.1, 0.15) is 24.1 Å². The second kappa shape index (κ2) is 4.02. The summed E-state index contributed by atoms with van der Waals surface area (Å²) in [5.74, 6) is 0.831. The molecule has 1 N–H and O–H groups in total. The highest BCUT2D eigenvalue weighted by Gasteiger charge is 2.06. The van der Waals surface area contributed by atoms with E-state index in [1.54, 1.807) is 0 Å². The van der Waals surface area contributed by atoms with Gasteiger partial charge in [0.05, 0.1) is 12.2 Å². The van der Waals surface area contributed by atoms with E-state index >= 15 is 0 Å². The Morgan fingerprint density at radius 1 is 1.60 bits per heavy atom. The van der Waals surface area contributed by atoms with E-state index in [2.05, 4.69) is 17.1 Å². The second-order valence-electron chi connectivity index (χ2n) is 3.46. The summed E-state index contributed by atoms with van der Waals surface area (Å²) in [5.41, 5.74) is 2.07. The quantitative estimate of drug-likeness (QED) is 0.813. The van der Waals surface area contributed by atoms with Crippen LogP contribution < -0.4 is 0 Å². The molecule has 0 aromatic carbocycles. The van der Waals surface area contributed by atoms with Crippen LogP contribution in [0.2, 0.25) is 0 Å². The molecule has 0 atom stereocenters. The molecule has 0 aliphatic heterocycles. The maximum atomic E-state index is 5.19. The maximum Gasteiger partial charge on any atom is 0.177 e. The minimum absolute atomic E-state index is 0.645. The predicted octanol–water partition coefficient (Wildman–Crippen LogP) is 2.45. The SMILES string of the molecule is CCc1c[nH]c(=S)n1Cc1cc(C)no1. The van der Waals surface area contributed by atoms with Crippen molar-refractivity contribution < 1.29 is 4.52 Å². The lowest BCUT2D eigenvalue weighted by molar-refractivity contribution is 0.371. The highest BCUT2D eigenvalue weighted by Crippen LogP contribution is 2.09. The van der Waals surface area contributed by atoms with Gasteiger partial charge in [0.1, 0.15) is 0 Å². The van der Waals surface area contributed by atoms with Crippen molar-refractivity contribution in [2.45, 2.75) is 26.8 Å². The first-order valence-electron chi connectivity index (χ1n) is 4.90. The molecule has 0 bridgehead atoms. The molecule has 80 valence electrons. The van der Waals surface area contributed by atoms with E-state index in [0.717, 1.165) is 22.6 Å². The highest BCUT2D eigenvalue weighted by molar-refractivity contribution is 7.71. The van der Waals surface area contributed by atoms with Crippen LogP contribution in [0.3, 0.4) is 0 Å². The van der Waals surface area contributed by atoms with Gasteiger partial charge in [-0.05, 0) is 25.6 Å². The molecule has 0 amide bonds. The average molecular weight is 223 g/mol. The molecule has 0 fully saturated rings. The van der Waals surface area contributed by atoms with Crippen LogP contribution in [0, 0.1) is 11.7 Å². The molecule has 5 heteroatoms. The van der Waals surface area contributed by atoms with Crippen LogP contribution >= 0.6 is 12.2 Å². The zero-order chi connectivity index (χ0) is 10.8. The van der Waals surface area contributed by atoms with Gasteiger partial charge < -0.3 is 14.1 Å². The summed E-state index contributed by atoms with van der Waals surface area (Å²) in [6, 6.07) is 1.92. The van der Waals surface area contributed by atoms with Gasteiger partial charge in [0.25, 0.3) is 0 Å². The van der Waals surface area contributed by atoms with E-state index in [1.807, 2.05) is 23.8 Å². The molecule has 4 nitrogen and oxygen atoms in total. The number of aromatic nitrogens is 3. The number of rotatable bonds is 3. The maximum absolute atomic E-state index is 5.19. The Kier molecular flexibility index (Phi) is 2.73. The molecule has 2 aromatic rings. The monoisotopic (exact) mass is 223 g/mol. The van der Waals surface area contributed by atoms with Crippen LogP contribution in [0.5, 0.6) is 0 Å². The molecule has 0 spiro atoms. The highest BCUT2D eigenvalue weighted by atomic mass is 32.1. The van der Waals surface area contributed by atoms with Crippen LogP contribution in [0.15, 0.2) is 16.8 Å². The summed E-state index contributed by atoms with van der Waals surface area (Å²) in [6.07, 6.45) is 2.88. The standard InChI is InChI=1S/C10H13N3OS/c1-3-8-5-11-10(15)13(8)6-9-4-7(2)12-14-9/h4-5H,3,6H2,1-2H3,(H,11,15). The third-order valence-electron chi connectivity index (χ3n) is 2.31. The lowest BCUT2D eigenvalue weighted by Crippen LogP contribution is -2.02. The number of aromatic amines is 1. The Bertz CT molecular complexity index is 509. The molecule has 0 aliphatic carbocycles. The van der Waals surface area contributed by atoms with Crippen molar-refractivity contribution in [2.24, 2.45) is 0 Å². The van der Waals surface area contributed by atoms with Gasteiger partial charge in [0.15, 0.2) is 10.5 Å². The second-order valence-corrected chi connectivity index (χ2v) is 3.85. The van der Waals surface area contributed by atoms with E-state index in [4.69, 9.17) is 16.7 Å². The van der Waals surface area contributed by atoms with Gasteiger partial charge in [-0.25, -0.2) is 0 Å². The minimum Gasteiger partial charge on any atom is -0.359 e. The lowest BCUT2D eigenvalue weighted by Gasteiger charge is -2.02. The molecular weight excluding hydrogens is 210 g/mol. The van der Waals surface area contributed by atoms with Gasteiger partial charge in [0, 0.05) is 18.0 Å². The molecule has 0 aliphatic rings. The summed E-state index contributed by atoms with van der Waals surface area (Å²) in [4.78, 5) is 3.03. The Morgan fingerprint density at radius 2 is 2.40 bits per heavy atom. The summed E-state index contributed by atoms with van der Waals surface area (Å²) in [7, 11) is 0. The number of nitrogens with one attached hydrogen (secondary N) is 1. The summed E-state index contributed by atoms with van der Waals surface area (Å²) in [6.45, 7) is 4.65. The van der Waals surface area contributed by atoms with Crippen LogP contribution in [-0.4, -0.2) is 14.7 Å². The predicted molar refractivity (Wildman–Crippen MR) is 59.3 cm³/mol. The van der Waals surface area contributed by atoms with Gasteiger partial charge in [-0.1, -0.05) is 12.1 Å². The molecule has 2 heterocycles. The minimum atomic E-state index is 0.645. The van der Waals surface area contributed by atoms with E-state index in [-0.39, 0.29) is 0 Å². The zero-order valence-corrected chi connectivity index (χ0v) is 9.60. The number of H-pyrrole nitrogens is 1. The Hall–Kier alpha value is -1.36. The molecule has 2 aromatic heterocycles. The van der Waals surface area contributed by atoms with Crippen molar-refractivity contribution in [3.63, 3.8) is 0 Å². The van der Waals surface area contributed by atoms with Gasteiger partial charge >= 0.3 is 0 Å². The largest absolute Gasteiger partial charge is 0.359 e. The third kappa shape index (κ3) is 2.02. The number of imidazole rings is 1. The average Bonchev–Trinajstić information content (AvgIpc) is 2.76. The normalized spacial score (nSPS) is 10.8. The molecule has 0 radical (unpaired) electrons. The fourth-order valence-electron chi connectivity index (χ4n) is 1.54. The van der Waals surface area contributed by atoms with Crippen molar-refractivity contribution in [1.82, 2.24) is 14.7 Å². The van der Waals surface area contributed by atoms with Gasteiger partial charge in [0.2, 0.25) is 0 Å². The fourth-order valence-corrected chi connectivity index (χ4v) is 1.78. The Morgan fingerprint density at radius 3 is 3.00 bits per heavy atom. The van der Waals surface area contributed by atoms with Crippen LogP contribution in [0.25, 0.3) is 0 Å². The molecule has 0 saturated carbocycles. The third-order valence-corrected chi connectivity index (χ3v) is 2.65. The summed E-state index contributed by atoms with van der Waals surface area (Å²) >= 11 is 5.19. The summed E-state index contributed by atoms with van der Waals surface area (Å²) < 4.78 is 7.91. The van der Waals surface area contributed by atoms with Crippen LogP contribution in [0.4, 0.5) is 0 Å². The number of hydrogen-bond donors (Lipinski definition) is 1. The van der Waals surface area contributed by atoms with Gasteiger partial charge in [-0.2, -0.15) is 0 Å². The number of aryl methyl sites for hydroxylation is 2. The van der Waals surface area contributed by atoms with Crippen molar-refractivity contribution in [1.29, 1.82) is 0 Å². The van der Waals surface area contributed by atoms with E-state index < -0.39 is 0 Å². The van der Waals surface area contributed by atoms with E-state index in [1.165, 1.54) is 5.69 Å². The topological polar surface area (TPSA) is 46.8 Å². The van der Waals surface area contributed by atoms with Crippen molar-refractivity contribution >= 4 is 12.2 Å². The molecular formula is C10H13N3OS. The Balaban J connectivity index is 2.31. The molecule has 15 heavy (non-hydrogen) atoms. The van der Waals surface area contributed by atoms with Crippen LogP contribution in [-0.2, 0) is 13.0 Å². The Labute approximate surface area is 92.9 Å². The van der Waals surface area contributed by atoms with Gasteiger partial charge in [-0.3, -0.25) is 0 Å². The lowest BCUT2D eigenvalue weighted by atomic mass is 10.3. The fraction of sp³-hybridized carbons (Fsp3) is 0.400. The smallest absolute Gasteiger partial charge is 0.177 e. The van der Waals surface area contributed by atoms with Crippen molar-refractivity contribution in [3.8, 4) is 0 Å². The number of hydrogen-bond acceptors (Lipinski definition) is 3. The zero-order valence-electron chi connectivity index (χ0n) is 8.78. The first-order valence-corrected chi connectivity index (χ1v) is 5.31. The molecule has 2 rings (SSSR count). The molecule has 0 saturated heterocycles. The summed E-state index contributed by atoms with van der Waals surface area (Å²) in [5, 5.41) is 3.85. The first-order chi connectivity index (χ1) is 7.20. The van der Waals surface area contributed by atoms with Gasteiger partial charge in [-0.15, -0.1) is 0 Å².